The van der Waals surface area contributed by atoms with Crippen LogP contribution >= 0.6 is 0 Å². The number of anilines is 3. The van der Waals surface area contributed by atoms with Crippen LogP contribution in [0.5, 0.6) is 0 Å². The van der Waals surface area contributed by atoms with E-state index in [-0.39, 0.29) is 11.8 Å². The fourth-order valence-electron chi connectivity index (χ4n) is 4.18. The Kier molecular flexibility index (Phi) is 4.84. The van der Waals surface area contributed by atoms with Crippen molar-refractivity contribution in [3.05, 3.63) is 60.0 Å². The molecule has 1 fully saturated rings. The molecule has 0 radical (unpaired) electrons. The van der Waals surface area contributed by atoms with E-state index in [1.165, 1.54) is 0 Å². The van der Waals surface area contributed by atoms with Crippen LogP contribution in [0.2, 0.25) is 0 Å². The van der Waals surface area contributed by atoms with Crippen LogP contribution in [0, 0.1) is 0 Å². The van der Waals surface area contributed by atoms with Gasteiger partial charge in [-0.3, -0.25) is 14.6 Å². The number of nitrogens with zero attached hydrogens (tertiary/aromatic N) is 4. The smallest absolute Gasteiger partial charge is 0.259 e. The first-order valence-corrected chi connectivity index (χ1v) is 10.7. The first-order chi connectivity index (χ1) is 15.4. The van der Waals surface area contributed by atoms with Crippen molar-refractivity contribution < 1.29 is 9.59 Å². The highest BCUT2D eigenvalue weighted by Crippen LogP contribution is 2.38. The number of pyridine rings is 1. The lowest BCUT2D eigenvalue weighted by atomic mass is 9.86. The zero-order valence-corrected chi connectivity index (χ0v) is 18.1. The second-order valence-corrected chi connectivity index (χ2v) is 8.66. The molecular weight excluding hydrogens is 404 g/mol. The van der Waals surface area contributed by atoms with Crippen molar-refractivity contribution in [3.8, 4) is 11.3 Å². The molecule has 8 nitrogen and oxygen atoms in total. The van der Waals surface area contributed by atoms with Crippen molar-refractivity contribution in [2.75, 3.05) is 28.6 Å². The average molecular weight is 428 g/mol. The van der Waals surface area contributed by atoms with E-state index in [2.05, 4.69) is 25.5 Å². The largest absolute Gasteiger partial charge is 0.341 e. The third kappa shape index (κ3) is 3.47. The van der Waals surface area contributed by atoms with Crippen LogP contribution in [0.25, 0.3) is 11.3 Å². The third-order valence-electron chi connectivity index (χ3n) is 6.11. The topological polar surface area (TPSA) is 100 Å². The summed E-state index contributed by atoms with van der Waals surface area (Å²) in [6.07, 6.45) is 7.19. The maximum absolute atomic E-state index is 13.3. The molecule has 0 saturated carbocycles. The second-order valence-electron chi connectivity index (χ2n) is 8.66. The van der Waals surface area contributed by atoms with Crippen molar-refractivity contribution in [2.24, 2.45) is 0 Å². The van der Waals surface area contributed by atoms with E-state index in [9.17, 15) is 9.59 Å². The summed E-state index contributed by atoms with van der Waals surface area (Å²) in [6, 6.07) is 9.14. The Hall–Kier alpha value is -3.81. The van der Waals surface area contributed by atoms with E-state index < -0.39 is 5.41 Å². The number of aromatic nitrogens is 3. The first-order valence-electron chi connectivity index (χ1n) is 10.7. The average Bonchev–Trinajstić information content (AvgIpc) is 3.41. The maximum Gasteiger partial charge on any atom is 0.259 e. The molecule has 5 rings (SSSR count). The van der Waals surface area contributed by atoms with Gasteiger partial charge in [-0.25, -0.2) is 9.97 Å². The highest BCUT2D eigenvalue weighted by atomic mass is 16.2. The van der Waals surface area contributed by atoms with E-state index in [0.29, 0.717) is 22.9 Å². The predicted molar refractivity (Wildman–Crippen MR) is 123 cm³/mol. The minimum atomic E-state index is -0.655. The lowest BCUT2D eigenvalue weighted by Crippen LogP contribution is -2.27. The maximum atomic E-state index is 13.3. The number of carbonyl (C=O) groups is 2. The number of hydrogen-bond donors (Lipinski definition) is 2. The summed E-state index contributed by atoms with van der Waals surface area (Å²) in [5.74, 6) is 0.259. The van der Waals surface area contributed by atoms with Gasteiger partial charge in [0.25, 0.3) is 5.91 Å². The summed E-state index contributed by atoms with van der Waals surface area (Å²) in [7, 11) is 0. The van der Waals surface area contributed by atoms with Gasteiger partial charge in [-0.1, -0.05) is 0 Å². The van der Waals surface area contributed by atoms with E-state index >= 15 is 0 Å². The van der Waals surface area contributed by atoms with Gasteiger partial charge in [0.1, 0.15) is 0 Å². The number of carbonyl (C=O) groups excluding carboxylic acids is 2. The van der Waals surface area contributed by atoms with Crippen molar-refractivity contribution in [1.82, 2.24) is 15.0 Å². The molecule has 0 aliphatic carbocycles. The quantitative estimate of drug-likeness (QED) is 0.658. The molecule has 2 aromatic heterocycles. The predicted octanol–water partition coefficient (Wildman–Crippen LogP) is 3.62. The molecule has 1 aromatic carbocycles. The molecule has 3 aromatic rings. The highest BCUT2D eigenvalue weighted by molar-refractivity contribution is 6.09. The first kappa shape index (κ1) is 20.1. The molecule has 0 unspecified atom stereocenters. The second kappa shape index (κ2) is 7.71. The lowest BCUT2D eigenvalue weighted by molar-refractivity contribution is -0.119. The molecule has 2 amide bonds. The zero-order chi connectivity index (χ0) is 22.3. The Labute approximate surface area is 186 Å². The molecule has 8 heteroatoms. The molecule has 2 aliphatic rings. The van der Waals surface area contributed by atoms with E-state index in [1.54, 1.807) is 24.7 Å². The van der Waals surface area contributed by atoms with Gasteiger partial charge < -0.3 is 15.5 Å². The number of nitrogens with one attached hydrogen (secondary N) is 2. The van der Waals surface area contributed by atoms with Gasteiger partial charge in [0.2, 0.25) is 11.9 Å². The summed E-state index contributed by atoms with van der Waals surface area (Å²) in [6.45, 7) is 5.56. The monoisotopic (exact) mass is 428 g/mol. The molecule has 2 aliphatic heterocycles. The molecule has 162 valence electrons. The van der Waals surface area contributed by atoms with Gasteiger partial charge in [-0.15, -0.1) is 0 Å². The van der Waals surface area contributed by atoms with Crippen LogP contribution in [-0.2, 0) is 10.2 Å². The summed E-state index contributed by atoms with van der Waals surface area (Å²) in [5, 5.41) is 5.83. The standard InChI is InChI=1S/C24H24N6O2/c1-24(2)18-12-16(7-8-19(18)28-22(24)32)27-21(31)17-14-26-23(30-10-3-4-11-30)29-20(17)15-6-5-9-25-13-15/h5-9,12-14H,3-4,10-11H2,1-2H3,(H,27,31)(H,28,32). The number of rotatable bonds is 4. The molecule has 2 N–H and O–H groups in total. The van der Waals surface area contributed by atoms with Gasteiger partial charge in [0.15, 0.2) is 0 Å². The van der Waals surface area contributed by atoms with Crippen LogP contribution in [0.1, 0.15) is 42.6 Å². The van der Waals surface area contributed by atoms with Gasteiger partial charge in [0, 0.05) is 48.6 Å². The van der Waals surface area contributed by atoms with Gasteiger partial charge in [-0.2, -0.15) is 0 Å². The fourth-order valence-corrected chi connectivity index (χ4v) is 4.18. The van der Waals surface area contributed by atoms with Crippen molar-refractivity contribution in [2.45, 2.75) is 32.1 Å². The third-order valence-corrected chi connectivity index (χ3v) is 6.11. The summed E-state index contributed by atoms with van der Waals surface area (Å²) >= 11 is 0. The highest BCUT2D eigenvalue weighted by Gasteiger charge is 2.38. The van der Waals surface area contributed by atoms with E-state index in [0.717, 1.165) is 42.7 Å². The van der Waals surface area contributed by atoms with Gasteiger partial charge >= 0.3 is 0 Å². The van der Waals surface area contributed by atoms with Crippen LogP contribution in [0.15, 0.2) is 48.9 Å². The molecule has 0 atom stereocenters. The number of amides is 2. The van der Waals surface area contributed by atoms with Gasteiger partial charge in [0.05, 0.1) is 16.7 Å². The number of hydrogen-bond acceptors (Lipinski definition) is 6. The van der Waals surface area contributed by atoms with Crippen molar-refractivity contribution >= 4 is 29.1 Å². The minimum absolute atomic E-state index is 0.0549. The zero-order valence-electron chi connectivity index (χ0n) is 18.1. The molecule has 1 saturated heterocycles. The fraction of sp³-hybridized carbons (Fsp3) is 0.292. The molecule has 4 heterocycles. The number of fused-ring (bicyclic) bond motifs is 1. The summed E-state index contributed by atoms with van der Waals surface area (Å²) < 4.78 is 0. The van der Waals surface area contributed by atoms with Crippen molar-refractivity contribution in [1.29, 1.82) is 0 Å². The Bertz CT molecular complexity index is 1200. The summed E-state index contributed by atoms with van der Waals surface area (Å²) in [4.78, 5) is 41.0. The Morgan fingerprint density at radius 2 is 1.97 bits per heavy atom. The molecule has 0 spiro atoms. The Morgan fingerprint density at radius 1 is 1.16 bits per heavy atom. The van der Waals surface area contributed by atoms with Crippen LogP contribution in [0.4, 0.5) is 17.3 Å². The molecule has 32 heavy (non-hydrogen) atoms. The van der Waals surface area contributed by atoms with E-state index in [1.807, 2.05) is 38.1 Å². The van der Waals surface area contributed by atoms with Gasteiger partial charge in [-0.05, 0) is 62.6 Å². The molecular formula is C24H24N6O2. The van der Waals surface area contributed by atoms with Crippen LogP contribution in [-0.4, -0.2) is 39.9 Å². The normalized spacial score (nSPS) is 16.6. The SMILES string of the molecule is CC1(C)C(=O)Nc2ccc(NC(=O)c3cnc(N4CCCC4)nc3-c3cccnc3)cc21. The number of benzene rings is 1. The lowest BCUT2D eigenvalue weighted by Gasteiger charge is -2.18. The summed E-state index contributed by atoms with van der Waals surface area (Å²) in [5.41, 5.74) is 3.25. The van der Waals surface area contributed by atoms with Crippen LogP contribution in [0.3, 0.4) is 0 Å². The van der Waals surface area contributed by atoms with Crippen molar-refractivity contribution in [3.63, 3.8) is 0 Å². The Morgan fingerprint density at radius 3 is 2.72 bits per heavy atom. The minimum Gasteiger partial charge on any atom is -0.341 e. The van der Waals surface area contributed by atoms with E-state index in [4.69, 9.17) is 4.98 Å². The Balaban J connectivity index is 1.49. The molecule has 0 bridgehead atoms. The van der Waals surface area contributed by atoms with Crippen LogP contribution < -0.4 is 15.5 Å².